The fourth-order valence-electron chi connectivity index (χ4n) is 1.66. The number of hydrogen-bond acceptors (Lipinski definition) is 2. The van der Waals surface area contributed by atoms with Gasteiger partial charge in [0.2, 0.25) is 0 Å². The molecule has 0 bridgehead atoms. The van der Waals surface area contributed by atoms with Gasteiger partial charge >= 0.3 is 5.97 Å². The van der Waals surface area contributed by atoms with E-state index in [1.54, 1.807) is 12.1 Å². The summed E-state index contributed by atoms with van der Waals surface area (Å²) in [7, 11) is 0. The second-order valence-corrected chi connectivity index (χ2v) is 4.55. The maximum Gasteiger partial charge on any atom is 0.307 e. The number of aliphatic carboxylic acids is 1. The molecule has 0 amide bonds. The van der Waals surface area contributed by atoms with E-state index in [2.05, 4.69) is 0 Å². The lowest BCUT2D eigenvalue weighted by atomic mass is 10.0. The Morgan fingerprint density at radius 1 is 1.00 bits per heavy atom. The van der Waals surface area contributed by atoms with Crippen LogP contribution in [0.5, 0.6) is 0 Å². The first-order valence-electron chi connectivity index (χ1n) is 6.55. The van der Waals surface area contributed by atoms with Gasteiger partial charge in [-0.15, -0.1) is 0 Å². The van der Waals surface area contributed by atoms with Crippen LogP contribution in [0.15, 0.2) is 60.7 Å². The minimum Gasteiger partial charge on any atom is -0.481 e. The van der Waals surface area contributed by atoms with E-state index in [9.17, 15) is 4.79 Å². The number of aliphatic hydroxyl groups is 1. The summed E-state index contributed by atoms with van der Waals surface area (Å²) in [6, 6.07) is 19.1. The van der Waals surface area contributed by atoms with Crippen LogP contribution in [-0.2, 0) is 11.2 Å². The molecule has 3 nitrogen and oxygen atoms in total. The maximum atomic E-state index is 10.2. The molecule has 1 unspecified atom stereocenters. The number of carbonyl (C=O) groups is 1. The Morgan fingerprint density at radius 2 is 1.50 bits per heavy atom. The van der Waals surface area contributed by atoms with E-state index in [1.807, 2.05) is 55.5 Å². The third kappa shape index (κ3) is 6.16. The quantitative estimate of drug-likeness (QED) is 0.899. The van der Waals surface area contributed by atoms with Crippen LogP contribution in [0, 0.1) is 0 Å². The predicted molar refractivity (Wildman–Crippen MR) is 79.7 cm³/mol. The number of benzene rings is 2. The molecule has 0 aliphatic rings. The number of aliphatic hydroxyl groups excluding tert-OH is 1. The molecule has 1 atom stereocenters. The molecule has 106 valence electrons. The normalized spacial score (nSPS) is 11.1. The van der Waals surface area contributed by atoms with Crippen molar-refractivity contribution in [2.75, 3.05) is 6.61 Å². The predicted octanol–water partition coefficient (Wildman–Crippen LogP) is 3.10. The van der Waals surface area contributed by atoms with E-state index in [0.29, 0.717) is 0 Å². The van der Waals surface area contributed by atoms with Crippen molar-refractivity contribution in [3.8, 4) is 0 Å². The monoisotopic (exact) mass is 272 g/mol. The largest absolute Gasteiger partial charge is 0.481 e. The van der Waals surface area contributed by atoms with Crippen molar-refractivity contribution >= 4 is 5.97 Å². The van der Waals surface area contributed by atoms with E-state index in [0.717, 1.165) is 5.56 Å². The first-order valence-corrected chi connectivity index (χ1v) is 6.55. The highest BCUT2D eigenvalue weighted by molar-refractivity contribution is 5.70. The van der Waals surface area contributed by atoms with Crippen LogP contribution in [0.1, 0.15) is 24.0 Å². The van der Waals surface area contributed by atoms with Crippen molar-refractivity contribution in [1.82, 2.24) is 0 Å². The Balaban J connectivity index is 0.000000200. The van der Waals surface area contributed by atoms with Gasteiger partial charge in [-0.1, -0.05) is 67.6 Å². The first kappa shape index (κ1) is 15.9. The highest BCUT2D eigenvalue weighted by Crippen LogP contribution is 2.12. The van der Waals surface area contributed by atoms with Gasteiger partial charge in [-0.25, -0.2) is 0 Å². The van der Waals surface area contributed by atoms with Crippen molar-refractivity contribution in [2.45, 2.75) is 19.3 Å². The summed E-state index contributed by atoms with van der Waals surface area (Å²) in [5, 5.41) is 17.2. The molecule has 3 heteroatoms. The van der Waals surface area contributed by atoms with Gasteiger partial charge in [-0.3, -0.25) is 4.79 Å². The van der Waals surface area contributed by atoms with Crippen molar-refractivity contribution in [2.24, 2.45) is 0 Å². The molecule has 20 heavy (non-hydrogen) atoms. The standard InChI is InChI=1S/C9H12O.C8H8O2/c1-8(7-10)9-5-3-2-4-6-9;9-8(10)6-7-4-2-1-3-5-7/h2-6,8,10H,7H2,1H3;1-5H,6H2,(H,9,10). The van der Waals surface area contributed by atoms with Gasteiger partial charge in [0.1, 0.15) is 0 Å². The highest BCUT2D eigenvalue weighted by Gasteiger charge is 2.00. The third-order valence-corrected chi connectivity index (χ3v) is 2.84. The Hall–Kier alpha value is -2.13. The van der Waals surface area contributed by atoms with Gasteiger partial charge in [-0.05, 0) is 11.1 Å². The molecule has 0 radical (unpaired) electrons. The zero-order valence-electron chi connectivity index (χ0n) is 11.6. The van der Waals surface area contributed by atoms with E-state index in [1.165, 1.54) is 5.56 Å². The molecular weight excluding hydrogens is 252 g/mol. The van der Waals surface area contributed by atoms with E-state index in [4.69, 9.17) is 10.2 Å². The molecule has 0 aliphatic heterocycles. The lowest BCUT2D eigenvalue weighted by molar-refractivity contribution is -0.136. The van der Waals surface area contributed by atoms with Crippen LogP contribution in [0.3, 0.4) is 0 Å². The van der Waals surface area contributed by atoms with Crippen LogP contribution in [0.4, 0.5) is 0 Å². The summed E-state index contributed by atoms with van der Waals surface area (Å²) < 4.78 is 0. The zero-order chi connectivity index (χ0) is 14.8. The second kappa shape index (κ2) is 8.88. The lowest BCUT2D eigenvalue weighted by Crippen LogP contribution is -1.98. The number of hydrogen-bond donors (Lipinski definition) is 2. The molecule has 0 aromatic heterocycles. The second-order valence-electron chi connectivity index (χ2n) is 4.55. The Labute approximate surface area is 119 Å². The molecule has 2 rings (SSSR count). The van der Waals surface area contributed by atoms with E-state index < -0.39 is 5.97 Å². The average molecular weight is 272 g/mol. The molecule has 0 fully saturated rings. The molecule has 0 saturated heterocycles. The summed E-state index contributed by atoms with van der Waals surface area (Å²) >= 11 is 0. The Bertz CT molecular complexity index is 494. The van der Waals surface area contributed by atoms with Crippen LogP contribution in [-0.4, -0.2) is 22.8 Å². The maximum absolute atomic E-state index is 10.2. The molecular formula is C17H20O3. The fourth-order valence-corrected chi connectivity index (χ4v) is 1.66. The van der Waals surface area contributed by atoms with E-state index in [-0.39, 0.29) is 18.9 Å². The zero-order valence-corrected chi connectivity index (χ0v) is 11.6. The highest BCUT2D eigenvalue weighted by atomic mass is 16.4. The number of carboxylic acids is 1. The SMILES string of the molecule is CC(CO)c1ccccc1.O=C(O)Cc1ccccc1. The summed E-state index contributed by atoms with van der Waals surface area (Å²) in [5.41, 5.74) is 2.04. The molecule has 2 N–H and O–H groups in total. The first-order chi connectivity index (χ1) is 9.63. The van der Waals surface area contributed by atoms with Gasteiger partial charge in [0.05, 0.1) is 6.42 Å². The van der Waals surface area contributed by atoms with Crippen molar-refractivity contribution in [3.63, 3.8) is 0 Å². The van der Waals surface area contributed by atoms with Gasteiger partial charge in [-0.2, -0.15) is 0 Å². The van der Waals surface area contributed by atoms with E-state index >= 15 is 0 Å². The van der Waals surface area contributed by atoms with Crippen molar-refractivity contribution in [1.29, 1.82) is 0 Å². The topological polar surface area (TPSA) is 57.5 Å². The fraction of sp³-hybridized carbons (Fsp3) is 0.235. The summed E-state index contributed by atoms with van der Waals surface area (Å²) in [5.74, 6) is -0.521. The summed E-state index contributed by atoms with van der Waals surface area (Å²) in [6.45, 7) is 2.24. The molecule has 0 aliphatic carbocycles. The molecule has 2 aromatic carbocycles. The minimum absolute atomic E-state index is 0.112. The molecule has 2 aromatic rings. The lowest BCUT2D eigenvalue weighted by Gasteiger charge is -2.05. The number of carboxylic acid groups (broad SMARTS) is 1. The van der Waals surface area contributed by atoms with Crippen molar-refractivity contribution in [3.05, 3.63) is 71.8 Å². The Morgan fingerprint density at radius 3 is 1.95 bits per heavy atom. The minimum atomic E-state index is -0.786. The van der Waals surface area contributed by atoms with Gasteiger partial charge < -0.3 is 10.2 Å². The van der Waals surface area contributed by atoms with Crippen LogP contribution < -0.4 is 0 Å². The molecule has 0 heterocycles. The average Bonchev–Trinajstić information content (AvgIpc) is 2.48. The van der Waals surface area contributed by atoms with Gasteiger partial charge in [0.15, 0.2) is 0 Å². The van der Waals surface area contributed by atoms with Gasteiger partial charge in [0.25, 0.3) is 0 Å². The van der Waals surface area contributed by atoms with Crippen molar-refractivity contribution < 1.29 is 15.0 Å². The molecule has 0 spiro atoms. The Kier molecular flexibility index (Phi) is 7.07. The number of rotatable bonds is 4. The summed E-state index contributed by atoms with van der Waals surface area (Å²) in [4.78, 5) is 10.2. The van der Waals surface area contributed by atoms with Gasteiger partial charge in [0, 0.05) is 12.5 Å². The third-order valence-electron chi connectivity index (χ3n) is 2.84. The summed E-state index contributed by atoms with van der Waals surface area (Å²) in [6.07, 6.45) is 0.112. The smallest absolute Gasteiger partial charge is 0.307 e. The van der Waals surface area contributed by atoms with Crippen LogP contribution in [0.2, 0.25) is 0 Å². The van der Waals surface area contributed by atoms with Crippen LogP contribution >= 0.6 is 0 Å². The van der Waals surface area contributed by atoms with Crippen LogP contribution in [0.25, 0.3) is 0 Å². The molecule has 0 saturated carbocycles.